The average molecular weight is 228 g/mol. The van der Waals surface area contributed by atoms with E-state index in [0.29, 0.717) is 0 Å². The minimum atomic E-state index is -4.34. The van der Waals surface area contributed by atoms with Crippen molar-refractivity contribution in [1.29, 1.82) is 0 Å². The normalized spacial score (nSPS) is 20.6. The largest absolute Gasteiger partial charge is 0.287 e. The van der Waals surface area contributed by atoms with Crippen LogP contribution in [-0.2, 0) is 5.92 Å². The van der Waals surface area contributed by atoms with Gasteiger partial charge in [0.25, 0.3) is 5.92 Å². The van der Waals surface area contributed by atoms with Gasteiger partial charge in [0.05, 0.1) is 4.11 Å². The Bertz CT molecular complexity index is 461. The number of halogens is 3. The van der Waals surface area contributed by atoms with Crippen LogP contribution in [0.25, 0.3) is 0 Å². The molecule has 0 aliphatic rings. The Hall–Kier alpha value is -0.510. The first-order valence-corrected chi connectivity index (χ1v) is 3.31. The maximum absolute atomic E-state index is 13.5. The highest BCUT2D eigenvalue weighted by Crippen LogP contribution is 2.26. The van der Waals surface area contributed by atoms with Crippen LogP contribution in [0, 0.1) is 0 Å². The molecule has 1 aromatic heterocycles. The predicted molar refractivity (Wildman–Crippen MR) is 41.5 cm³/mol. The molecule has 0 N–H and O–H groups in total. The van der Waals surface area contributed by atoms with Crippen molar-refractivity contribution in [3.63, 3.8) is 0 Å². The summed E-state index contributed by atoms with van der Waals surface area (Å²) in [7, 11) is 0. The Morgan fingerprint density at radius 2 is 2.55 bits per heavy atom. The summed E-state index contributed by atoms with van der Waals surface area (Å²) in [6.07, 6.45) is -0.813. The van der Waals surface area contributed by atoms with Crippen LogP contribution in [0.2, 0.25) is 0 Å². The molecule has 1 nitrogen and oxygen atoms in total. The third-order valence-corrected chi connectivity index (χ3v) is 1.26. The molecule has 0 atom stereocenters. The quantitative estimate of drug-likeness (QED) is 0.720. The van der Waals surface area contributed by atoms with Crippen LogP contribution < -0.4 is 0 Å². The highest BCUT2D eigenvalue weighted by atomic mass is 79.9. The van der Waals surface area contributed by atoms with Gasteiger partial charge < -0.3 is 0 Å². The SMILES string of the molecule is [2H]c1nc(C(F)(F)C([2H])([2H])[2H])c([2H])c(Br)c1[2H]. The van der Waals surface area contributed by atoms with E-state index >= 15 is 0 Å². The molecule has 0 bridgehead atoms. The van der Waals surface area contributed by atoms with Crippen LogP contribution in [-0.4, -0.2) is 4.98 Å². The molecule has 0 radical (unpaired) electrons. The Balaban J connectivity index is 3.54. The lowest BCUT2D eigenvalue weighted by molar-refractivity contribution is 0.0127. The van der Waals surface area contributed by atoms with Crippen LogP contribution >= 0.6 is 15.9 Å². The topological polar surface area (TPSA) is 12.9 Å². The summed E-state index contributed by atoms with van der Waals surface area (Å²) < 4.78 is 68.5. The van der Waals surface area contributed by atoms with E-state index < -0.39 is 36.7 Å². The Morgan fingerprint density at radius 3 is 3.18 bits per heavy atom. The lowest BCUT2D eigenvalue weighted by Crippen LogP contribution is -2.08. The Kier molecular flexibility index (Phi) is 0.900. The molecular formula is C7H6BrF2N. The summed E-state index contributed by atoms with van der Waals surface area (Å²) in [4.78, 5) is 3.02. The van der Waals surface area contributed by atoms with Crippen LogP contribution in [0.4, 0.5) is 8.78 Å². The number of hydrogen-bond donors (Lipinski definition) is 0. The minimum absolute atomic E-state index is 0.378. The van der Waals surface area contributed by atoms with Crippen LogP contribution in [0.1, 0.15) is 20.8 Å². The number of nitrogens with zero attached hydrogens (tertiary/aromatic N) is 1. The molecule has 1 aromatic rings. The highest BCUT2D eigenvalue weighted by Gasteiger charge is 2.25. The molecule has 0 amide bonds. The van der Waals surface area contributed by atoms with Gasteiger partial charge in [-0.05, 0) is 12.1 Å². The number of alkyl halides is 2. The first-order valence-electron chi connectivity index (χ1n) is 5.51. The molecule has 60 valence electrons. The van der Waals surface area contributed by atoms with E-state index in [1.54, 1.807) is 0 Å². The monoisotopic (exact) mass is 227 g/mol. The fourth-order valence-electron chi connectivity index (χ4n) is 0.445. The first-order chi connectivity index (χ1) is 7.50. The van der Waals surface area contributed by atoms with Gasteiger partial charge in [-0.25, -0.2) is 0 Å². The van der Waals surface area contributed by atoms with Gasteiger partial charge in [-0.2, -0.15) is 8.78 Å². The predicted octanol–water partition coefficient (Wildman–Crippen LogP) is 2.96. The zero-order chi connectivity index (χ0) is 13.6. The third-order valence-electron chi connectivity index (χ3n) is 0.859. The smallest absolute Gasteiger partial charge is 0.255 e. The molecule has 4 heteroatoms. The summed E-state index contributed by atoms with van der Waals surface area (Å²) in [5.41, 5.74) is -1.33. The van der Waals surface area contributed by atoms with Crippen molar-refractivity contribution in [3.8, 4) is 0 Å². The van der Waals surface area contributed by atoms with Crippen molar-refractivity contribution in [3.05, 3.63) is 28.4 Å². The number of aromatic nitrogens is 1. The van der Waals surface area contributed by atoms with Crippen LogP contribution in [0.3, 0.4) is 0 Å². The molecule has 0 aromatic carbocycles. The van der Waals surface area contributed by atoms with E-state index in [-0.39, 0.29) is 4.47 Å². The standard InChI is InChI=1S/C7H6BrF2N/c1-7(9,10)6-4-5(8)2-3-11-6/h2-4H,1H3/i1D3,2D,3D,4D. The molecule has 0 unspecified atom stereocenters. The van der Waals surface area contributed by atoms with Gasteiger partial charge in [0, 0.05) is 21.6 Å². The second kappa shape index (κ2) is 2.85. The summed E-state index contributed by atoms with van der Waals surface area (Å²) in [5.74, 6) is -4.34. The average Bonchev–Trinajstić information content (AvgIpc) is 2.18. The van der Waals surface area contributed by atoms with E-state index in [9.17, 15) is 8.78 Å². The number of pyridine rings is 1. The van der Waals surface area contributed by atoms with Gasteiger partial charge in [-0.1, -0.05) is 15.9 Å². The molecule has 11 heavy (non-hydrogen) atoms. The summed E-state index contributed by atoms with van der Waals surface area (Å²) in [5, 5.41) is 0. The summed E-state index contributed by atoms with van der Waals surface area (Å²) >= 11 is 2.69. The van der Waals surface area contributed by atoms with Gasteiger partial charge in [0.2, 0.25) is 0 Å². The summed E-state index contributed by atoms with van der Waals surface area (Å²) in [6, 6.07) is -1.44. The second-order valence-corrected chi connectivity index (χ2v) is 2.50. The van der Waals surface area contributed by atoms with Crippen molar-refractivity contribution in [2.45, 2.75) is 12.8 Å². The zero-order valence-electron chi connectivity index (χ0n) is 11.1. The third kappa shape index (κ3) is 2.22. The van der Waals surface area contributed by atoms with E-state index in [1.165, 1.54) is 0 Å². The lowest BCUT2D eigenvalue weighted by Gasteiger charge is -2.08. The van der Waals surface area contributed by atoms with Crippen LogP contribution in [0.15, 0.2) is 22.7 Å². The molecule has 0 saturated heterocycles. The molecule has 1 heterocycles. The first kappa shape index (κ1) is 3.47. The molecule has 0 saturated carbocycles. The Labute approximate surface area is 80.0 Å². The van der Waals surface area contributed by atoms with E-state index in [1.807, 2.05) is 0 Å². The molecule has 0 aliphatic heterocycles. The summed E-state index contributed by atoms with van der Waals surface area (Å²) in [6.45, 7) is -3.66. The van der Waals surface area contributed by atoms with E-state index in [2.05, 4.69) is 20.9 Å². The van der Waals surface area contributed by atoms with Crippen molar-refractivity contribution < 1.29 is 17.0 Å². The van der Waals surface area contributed by atoms with E-state index in [4.69, 9.17) is 8.22 Å². The van der Waals surface area contributed by atoms with Gasteiger partial charge in [-0.15, -0.1) is 0 Å². The highest BCUT2D eigenvalue weighted by molar-refractivity contribution is 9.10. The maximum Gasteiger partial charge on any atom is 0.287 e. The van der Waals surface area contributed by atoms with Gasteiger partial charge >= 0.3 is 0 Å². The van der Waals surface area contributed by atoms with Crippen LogP contribution in [0.5, 0.6) is 0 Å². The molecular weight excluding hydrogens is 216 g/mol. The maximum atomic E-state index is 13.5. The lowest BCUT2D eigenvalue weighted by atomic mass is 10.2. The minimum Gasteiger partial charge on any atom is -0.255 e. The second-order valence-electron chi connectivity index (χ2n) is 1.71. The number of hydrogen-bond acceptors (Lipinski definition) is 1. The molecule has 0 spiro atoms. The Morgan fingerprint density at radius 1 is 1.82 bits per heavy atom. The van der Waals surface area contributed by atoms with Gasteiger partial charge in [-0.3, -0.25) is 4.98 Å². The van der Waals surface area contributed by atoms with Crippen molar-refractivity contribution in [2.24, 2.45) is 0 Å². The van der Waals surface area contributed by atoms with E-state index in [0.717, 1.165) is 0 Å². The van der Waals surface area contributed by atoms with Gasteiger partial charge in [0.1, 0.15) is 5.69 Å². The molecule has 0 aliphatic carbocycles. The van der Waals surface area contributed by atoms with Crippen molar-refractivity contribution in [1.82, 2.24) is 4.98 Å². The molecule has 1 rings (SSSR count). The fraction of sp³-hybridized carbons (Fsp3) is 0.286. The molecule has 0 fully saturated rings. The zero-order valence-corrected chi connectivity index (χ0v) is 6.67. The fourth-order valence-corrected chi connectivity index (χ4v) is 0.721. The van der Waals surface area contributed by atoms with Crippen molar-refractivity contribution in [2.75, 3.05) is 0 Å². The van der Waals surface area contributed by atoms with Gasteiger partial charge in [0.15, 0.2) is 0 Å². The number of rotatable bonds is 1. The van der Waals surface area contributed by atoms with Crippen molar-refractivity contribution >= 4 is 15.9 Å².